The predicted octanol–water partition coefficient (Wildman–Crippen LogP) is 10.1. The van der Waals surface area contributed by atoms with E-state index >= 15 is 0 Å². The summed E-state index contributed by atoms with van der Waals surface area (Å²) in [5.41, 5.74) is 10.3. The third-order valence-electron chi connectivity index (χ3n) is 8.41. The molecule has 0 radical (unpaired) electrons. The standard InChI is InChI=1S/C37H30N2/c1-22-28-13-10-23(21-37(2,3)4)18-27(28)20-31-34-33-25(16-17-38-34)11-14-29-30-19-26(24-8-6-5-7-9-24)12-15-32(30)39(35(22)31)36(29)33/h5-20H,21H2,1-4H3. The lowest BCUT2D eigenvalue weighted by molar-refractivity contribution is 0.411. The van der Waals surface area contributed by atoms with E-state index in [1.165, 1.54) is 76.5 Å². The van der Waals surface area contributed by atoms with Gasteiger partial charge in [-0.05, 0) is 81.4 Å². The second kappa shape index (κ2) is 7.80. The Kier molecular flexibility index (Phi) is 4.51. The summed E-state index contributed by atoms with van der Waals surface area (Å²) in [4.78, 5) is 5.01. The Labute approximate surface area is 227 Å². The van der Waals surface area contributed by atoms with Crippen molar-refractivity contribution in [2.24, 2.45) is 5.41 Å². The van der Waals surface area contributed by atoms with Crippen LogP contribution < -0.4 is 0 Å². The number of aromatic nitrogens is 2. The van der Waals surface area contributed by atoms with Gasteiger partial charge in [0.2, 0.25) is 0 Å². The zero-order chi connectivity index (χ0) is 26.5. The third-order valence-corrected chi connectivity index (χ3v) is 8.41. The van der Waals surface area contributed by atoms with Crippen LogP contribution in [0.4, 0.5) is 0 Å². The maximum atomic E-state index is 5.01. The maximum absolute atomic E-state index is 5.01. The lowest BCUT2D eigenvalue weighted by Gasteiger charge is -2.19. The van der Waals surface area contributed by atoms with Gasteiger partial charge in [-0.15, -0.1) is 0 Å². The normalized spacial score (nSPS) is 12.7. The summed E-state index contributed by atoms with van der Waals surface area (Å²) < 4.78 is 2.52. The van der Waals surface area contributed by atoms with E-state index in [2.05, 4.69) is 123 Å². The molecule has 0 aliphatic heterocycles. The number of hydrogen-bond donors (Lipinski definition) is 0. The molecule has 0 amide bonds. The van der Waals surface area contributed by atoms with E-state index in [9.17, 15) is 0 Å². The molecule has 5 aromatic carbocycles. The monoisotopic (exact) mass is 502 g/mol. The van der Waals surface area contributed by atoms with Crippen molar-refractivity contribution >= 4 is 59.8 Å². The molecular weight excluding hydrogens is 472 g/mol. The molecule has 0 aliphatic rings. The molecule has 0 spiro atoms. The Morgan fingerprint density at radius 1 is 0.667 bits per heavy atom. The van der Waals surface area contributed by atoms with Crippen LogP contribution in [0.2, 0.25) is 0 Å². The van der Waals surface area contributed by atoms with Gasteiger partial charge in [0, 0.05) is 27.7 Å². The summed E-state index contributed by atoms with van der Waals surface area (Å²) >= 11 is 0. The second-order valence-electron chi connectivity index (χ2n) is 12.3. The van der Waals surface area contributed by atoms with E-state index in [-0.39, 0.29) is 5.41 Å². The van der Waals surface area contributed by atoms with Gasteiger partial charge >= 0.3 is 0 Å². The minimum atomic E-state index is 0.247. The minimum Gasteiger partial charge on any atom is -0.308 e. The summed E-state index contributed by atoms with van der Waals surface area (Å²) in [5.74, 6) is 0. The summed E-state index contributed by atoms with van der Waals surface area (Å²) in [5, 5.41) is 8.91. The average Bonchev–Trinajstić information content (AvgIpc) is 3.26. The lowest BCUT2D eigenvalue weighted by atomic mass is 9.87. The van der Waals surface area contributed by atoms with Crippen molar-refractivity contribution in [1.29, 1.82) is 0 Å². The van der Waals surface area contributed by atoms with Gasteiger partial charge in [0.15, 0.2) is 0 Å². The number of fused-ring (bicyclic) bond motifs is 7. The van der Waals surface area contributed by atoms with E-state index < -0.39 is 0 Å². The molecule has 0 aliphatic carbocycles. The molecule has 0 N–H and O–H groups in total. The Hall–Kier alpha value is -4.43. The molecule has 0 unspecified atom stereocenters. The molecule has 0 saturated heterocycles. The van der Waals surface area contributed by atoms with Crippen LogP contribution in [0, 0.1) is 12.3 Å². The zero-order valence-corrected chi connectivity index (χ0v) is 22.8. The number of rotatable bonds is 2. The molecule has 0 atom stereocenters. The summed E-state index contributed by atoms with van der Waals surface area (Å²) in [6.07, 6.45) is 3.02. The van der Waals surface area contributed by atoms with Crippen LogP contribution in [0.5, 0.6) is 0 Å². The summed E-state index contributed by atoms with van der Waals surface area (Å²) in [6, 6.07) is 33.8. The molecule has 0 fully saturated rings. The molecule has 8 rings (SSSR count). The molecule has 2 heteroatoms. The van der Waals surface area contributed by atoms with Gasteiger partial charge in [-0.1, -0.05) is 87.5 Å². The van der Waals surface area contributed by atoms with E-state index in [0.29, 0.717) is 0 Å². The van der Waals surface area contributed by atoms with Crippen molar-refractivity contribution in [3.05, 3.63) is 108 Å². The van der Waals surface area contributed by atoms with Gasteiger partial charge in [-0.25, -0.2) is 0 Å². The molecule has 8 aromatic rings. The molecule has 0 saturated carbocycles. The highest BCUT2D eigenvalue weighted by atomic mass is 14.9. The molecule has 3 aromatic heterocycles. The SMILES string of the molecule is Cc1c2ccc(CC(C)(C)C)cc2cc2c3nccc4ccc5c6cc(-c7ccccc7)ccc6n(c12)c5c43. The number of hydrogen-bond acceptors (Lipinski definition) is 1. The van der Waals surface area contributed by atoms with Crippen molar-refractivity contribution in [2.45, 2.75) is 34.1 Å². The van der Waals surface area contributed by atoms with Gasteiger partial charge in [-0.2, -0.15) is 0 Å². The fourth-order valence-electron chi connectivity index (χ4n) is 6.83. The first-order valence-electron chi connectivity index (χ1n) is 13.9. The largest absolute Gasteiger partial charge is 0.308 e. The van der Waals surface area contributed by atoms with E-state index in [0.717, 1.165) is 11.9 Å². The smallest absolute Gasteiger partial charge is 0.0823 e. The van der Waals surface area contributed by atoms with Crippen LogP contribution in [0.3, 0.4) is 0 Å². The quantitative estimate of drug-likeness (QED) is 0.170. The Bertz CT molecular complexity index is 2230. The Morgan fingerprint density at radius 3 is 2.31 bits per heavy atom. The first kappa shape index (κ1) is 22.5. The van der Waals surface area contributed by atoms with Crippen molar-refractivity contribution in [3.8, 4) is 11.1 Å². The van der Waals surface area contributed by atoms with Gasteiger partial charge in [0.1, 0.15) is 0 Å². The number of aryl methyl sites for hydroxylation is 1. The van der Waals surface area contributed by atoms with Gasteiger partial charge in [0.25, 0.3) is 0 Å². The van der Waals surface area contributed by atoms with Crippen LogP contribution in [0.25, 0.3) is 70.9 Å². The molecule has 0 bridgehead atoms. The van der Waals surface area contributed by atoms with Crippen LogP contribution >= 0.6 is 0 Å². The van der Waals surface area contributed by atoms with Crippen LogP contribution in [0.1, 0.15) is 31.9 Å². The third kappa shape index (κ3) is 3.24. The zero-order valence-electron chi connectivity index (χ0n) is 22.8. The highest BCUT2D eigenvalue weighted by Crippen LogP contribution is 2.43. The van der Waals surface area contributed by atoms with Crippen LogP contribution in [0.15, 0.2) is 97.2 Å². The first-order valence-corrected chi connectivity index (χ1v) is 13.9. The highest BCUT2D eigenvalue weighted by Gasteiger charge is 2.21. The molecule has 2 nitrogen and oxygen atoms in total. The van der Waals surface area contributed by atoms with Crippen LogP contribution in [-0.4, -0.2) is 9.38 Å². The number of pyridine rings is 2. The summed E-state index contributed by atoms with van der Waals surface area (Å²) in [6.45, 7) is 9.21. The Morgan fingerprint density at radius 2 is 1.49 bits per heavy atom. The van der Waals surface area contributed by atoms with E-state index in [1.807, 2.05) is 6.20 Å². The minimum absolute atomic E-state index is 0.247. The van der Waals surface area contributed by atoms with Gasteiger partial charge < -0.3 is 4.40 Å². The predicted molar refractivity (Wildman–Crippen MR) is 167 cm³/mol. The fraction of sp³-hybridized carbons (Fsp3) is 0.162. The second-order valence-corrected chi connectivity index (χ2v) is 12.3. The maximum Gasteiger partial charge on any atom is 0.0823 e. The van der Waals surface area contributed by atoms with Crippen molar-refractivity contribution in [2.75, 3.05) is 0 Å². The Balaban J connectivity index is 1.55. The van der Waals surface area contributed by atoms with Gasteiger partial charge in [0.05, 0.1) is 22.1 Å². The fourth-order valence-corrected chi connectivity index (χ4v) is 6.83. The van der Waals surface area contributed by atoms with Crippen molar-refractivity contribution < 1.29 is 0 Å². The molecule has 188 valence electrons. The average molecular weight is 503 g/mol. The lowest BCUT2D eigenvalue weighted by Crippen LogP contribution is -2.09. The van der Waals surface area contributed by atoms with Gasteiger partial charge in [-0.3, -0.25) is 4.98 Å². The molecule has 39 heavy (non-hydrogen) atoms. The van der Waals surface area contributed by atoms with E-state index in [4.69, 9.17) is 4.98 Å². The molecular formula is C37H30N2. The first-order chi connectivity index (χ1) is 18.9. The van der Waals surface area contributed by atoms with Crippen molar-refractivity contribution in [1.82, 2.24) is 9.38 Å². The number of benzene rings is 5. The topological polar surface area (TPSA) is 17.3 Å². The number of nitrogens with zero attached hydrogens (tertiary/aromatic N) is 2. The van der Waals surface area contributed by atoms with E-state index in [1.54, 1.807) is 0 Å². The summed E-state index contributed by atoms with van der Waals surface area (Å²) in [7, 11) is 0. The van der Waals surface area contributed by atoms with Crippen molar-refractivity contribution in [3.63, 3.8) is 0 Å². The molecule has 3 heterocycles. The highest BCUT2D eigenvalue weighted by molar-refractivity contribution is 6.29. The van der Waals surface area contributed by atoms with Crippen LogP contribution in [-0.2, 0) is 6.42 Å².